The van der Waals surface area contributed by atoms with Crippen molar-refractivity contribution >= 4 is 38.1 Å². The molecule has 1 aromatic heterocycles. The predicted octanol–water partition coefficient (Wildman–Crippen LogP) is 3.91. The van der Waals surface area contributed by atoms with Crippen LogP contribution in [0.3, 0.4) is 0 Å². The lowest BCUT2D eigenvalue weighted by Crippen LogP contribution is -2.14. The lowest BCUT2D eigenvalue weighted by Gasteiger charge is -2.09. The second-order valence-corrected chi connectivity index (χ2v) is 7.98. The molecule has 0 fully saturated rings. The van der Waals surface area contributed by atoms with Crippen LogP contribution in [0.4, 0.5) is 17.1 Å². The third-order valence-electron chi connectivity index (χ3n) is 4.25. The van der Waals surface area contributed by atoms with Crippen LogP contribution >= 0.6 is 0 Å². The monoisotopic (exact) mass is 378 g/mol. The fourth-order valence-corrected chi connectivity index (χ4v) is 4.50. The molecular weight excluding hydrogens is 360 g/mol. The molecule has 0 aliphatic heterocycles. The Morgan fingerprint density at radius 3 is 2.30 bits per heavy atom. The lowest BCUT2D eigenvalue weighted by atomic mass is 10.2. The fourth-order valence-electron chi connectivity index (χ4n) is 2.99. The van der Waals surface area contributed by atoms with Crippen molar-refractivity contribution in [3.05, 3.63) is 78.6 Å². The Balaban J connectivity index is 1.76. The molecule has 0 radical (unpaired) electrons. The van der Waals surface area contributed by atoms with E-state index >= 15 is 0 Å². The third-order valence-corrected chi connectivity index (χ3v) is 6.06. The molecule has 0 bridgehead atoms. The number of aromatic nitrogens is 2. The van der Waals surface area contributed by atoms with Gasteiger partial charge in [0.15, 0.2) is 0 Å². The summed E-state index contributed by atoms with van der Waals surface area (Å²) in [5.41, 5.74) is 9.24. The molecule has 0 atom stereocenters. The highest BCUT2D eigenvalue weighted by Crippen LogP contribution is 2.26. The molecule has 0 aliphatic rings. The molecule has 3 aromatic carbocycles. The van der Waals surface area contributed by atoms with Crippen molar-refractivity contribution in [3.63, 3.8) is 0 Å². The maximum atomic E-state index is 13.0. The number of fused-ring (bicyclic) bond motifs is 1. The van der Waals surface area contributed by atoms with Crippen LogP contribution < -0.4 is 11.1 Å². The fraction of sp³-hybridized carbons (Fsp3) is 0.0500. The maximum Gasteiger partial charge on any atom is 0.269 e. The van der Waals surface area contributed by atoms with Gasteiger partial charge in [0.05, 0.1) is 15.9 Å². The number of anilines is 3. The molecule has 4 rings (SSSR count). The second-order valence-electron chi connectivity index (χ2n) is 6.19. The first kappa shape index (κ1) is 17.1. The highest BCUT2D eigenvalue weighted by molar-refractivity contribution is 7.90. The van der Waals surface area contributed by atoms with Gasteiger partial charge < -0.3 is 11.1 Å². The predicted molar refractivity (Wildman–Crippen MR) is 108 cm³/mol. The highest BCUT2D eigenvalue weighted by Gasteiger charge is 2.22. The number of benzene rings is 3. The molecule has 0 saturated carbocycles. The van der Waals surface area contributed by atoms with Gasteiger partial charge in [0, 0.05) is 17.1 Å². The van der Waals surface area contributed by atoms with Crippen LogP contribution in [-0.4, -0.2) is 17.4 Å². The largest absolute Gasteiger partial charge is 0.399 e. The molecule has 4 aromatic rings. The smallest absolute Gasteiger partial charge is 0.269 e. The molecule has 0 amide bonds. The molecule has 3 N–H and O–H groups in total. The van der Waals surface area contributed by atoms with Gasteiger partial charge in [-0.25, -0.2) is 17.4 Å². The normalized spacial score (nSPS) is 11.6. The summed E-state index contributed by atoms with van der Waals surface area (Å²) in [7, 11) is -3.71. The van der Waals surface area contributed by atoms with Crippen molar-refractivity contribution in [1.29, 1.82) is 0 Å². The van der Waals surface area contributed by atoms with E-state index in [4.69, 9.17) is 5.73 Å². The Hall–Kier alpha value is -3.32. The van der Waals surface area contributed by atoms with E-state index in [1.54, 1.807) is 43.3 Å². The van der Waals surface area contributed by atoms with Crippen LogP contribution in [-0.2, 0) is 10.0 Å². The highest BCUT2D eigenvalue weighted by atomic mass is 32.2. The van der Waals surface area contributed by atoms with Gasteiger partial charge in [-0.05, 0) is 61.5 Å². The number of aryl methyl sites for hydroxylation is 1. The van der Waals surface area contributed by atoms with Gasteiger partial charge >= 0.3 is 0 Å². The van der Waals surface area contributed by atoms with E-state index in [1.807, 2.05) is 36.4 Å². The van der Waals surface area contributed by atoms with Crippen LogP contribution in [0.25, 0.3) is 11.0 Å². The number of imidazole rings is 1. The summed E-state index contributed by atoms with van der Waals surface area (Å²) in [5.74, 6) is 0.415. The van der Waals surface area contributed by atoms with Gasteiger partial charge in [-0.3, -0.25) is 0 Å². The first-order valence-electron chi connectivity index (χ1n) is 8.37. The van der Waals surface area contributed by atoms with Gasteiger partial charge in [0.2, 0.25) is 0 Å². The zero-order valence-electron chi connectivity index (χ0n) is 14.6. The van der Waals surface area contributed by atoms with Gasteiger partial charge in [-0.1, -0.05) is 18.2 Å². The molecule has 0 saturated heterocycles. The van der Waals surface area contributed by atoms with Crippen LogP contribution in [0.2, 0.25) is 0 Å². The second kappa shape index (κ2) is 6.44. The molecular formula is C20H18N4O2S. The summed E-state index contributed by atoms with van der Waals surface area (Å²) in [6, 6.07) is 21.2. The van der Waals surface area contributed by atoms with Crippen molar-refractivity contribution < 1.29 is 8.42 Å². The van der Waals surface area contributed by atoms with Crippen LogP contribution in [0.5, 0.6) is 0 Å². The van der Waals surface area contributed by atoms with E-state index in [-0.39, 0.29) is 4.90 Å². The zero-order chi connectivity index (χ0) is 19.0. The Bertz CT molecular complexity index is 1210. The van der Waals surface area contributed by atoms with E-state index in [0.717, 1.165) is 11.4 Å². The molecule has 0 spiro atoms. The van der Waals surface area contributed by atoms with Crippen LogP contribution in [0.15, 0.2) is 77.7 Å². The lowest BCUT2D eigenvalue weighted by molar-refractivity contribution is 0.587. The molecule has 1 heterocycles. The maximum absolute atomic E-state index is 13.0. The van der Waals surface area contributed by atoms with Gasteiger partial charge in [0.25, 0.3) is 10.0 Å². The quantitative estimate of drug-likeness (QED) is 0.526. The van der Waals surface area contributed by atoms with Crippen molar-refractivity contribution in [2.75, 3.05) is 11.1 Å². The third kappa shape index (κ3) is 3.13. The Kier molecular flexibility index (Phi) is 4.08. The first-order chi connectivity index (χ1) is 12.9. The average molecular weight is 378 g/mol. The Labute approximate surface area is 157 Å². The first-order valence-corrected chi connectivity index (χ1v) is 9.81. The van der Waals surface area contributed by atoms with Crippen molar-refractivity contribution in [2.24, 2.45) is 0 Å². The summed E-state index contributed by atoms with van der Waals surface area (Å²) in [4.78, 5) is 4.68. The summed E-state index contributed by atoms with van der Waals surface area (Å²) < 4.78 is 27.3. The minimum atomic E-state index is -3.71. The van der Waals surface area contributed by atoms with E-state index in [0.29, 0.717) is 22.5 Å². The molecule has 0 aliphatic carbocycles. The van der Waals surface area contributed by atoms with E-state index in [2.05, 4.69) is 10.3 Å². The number of nitrogens with two attached hydrogens (primary N) is 1. The SMILES string of the molecule is Cc1nc2cc(Nc3ccc(N)cc3)ccc2n1S(=O)(=O)c1ccccc1. The van der Waals surface area contributed by atoms with Crippen LogP contribution in [0, 0.1) is 6.92 Å². The van der Waals surface area contributed by atoms with Crippen molar-refractivity contribution in [2.45, 2.75) is 11.8 Å². The minimum absolute atomic E-state index is 0.233. The standard InChI is InChI=1S/C20H18N4O2S/c1-14-22-19-13-17(23-16-9-7-15(21)8-10-16)11-12-20(19)24(14)27(25,26)18-5-3-2-4-6-18/h2-13,23H,21H2,1H3. The molecule has 27 heavy (non-hydrogen) atoms. The van der Waals surface area contributed by atoms with Gasteiger partial charge in [-0.15, -0.1) is 0 Å². The van der Waals surface area contributed by atoms with Gasteiger partial charge in [-0.2, -0.15) is 0 Å². The summed E-state index contributed by atoms with van der Waals surface area (Å²) in [5, 5.41) is 3.27. The summed E-state index contributed by atoms with van der Waals surface area (Å²) in [6.07, 6.45) is 0. The average Bonchev–Trinajstić information content (AvgIpc) is 3.00. The van der Waals surface area contributed by atoms with E-state index in [9.17, 15) is 8.42 Å². The molecule has 7 heteroatoms. The number of nitrogens with one attached hydrogen (secondary N) is 1. The summed E-state index contributed by atoms with van der Waals surface area (Å²) in [6.45, 7) is 1.69. The number of nitrogen functional groups attached to an aromatic ring is 1. The van der Waals surface area contributed by atoms with Crippen molar-refractivity contribution in [3.8, 4) is 0 Å². The number of hydrogen-bond donors (Lipinski definition) is 2. The topological polar surface area (TPSA) is 90.0 Å². The minimum Gasteiger partial charge on any atom is -0.399 e. The molecule has 136 valence electrons. The summed E-state index contributed by atoms with van der Waals surface area (Å²) >= 11 is 0. The number of rotatable bonds is 4. The number of hydrogen-bond acceptors (Lipinski definition) is 5. The van der Waals surface area contributed by atoms with Gasteiger partial charge in [0.1, 0.15) is 5.82 Å². The molecule has 0 unspecified atom stereocenters. The van der Waals surface area contributed by atoms with E-state index in [1.165, 1.54) is 3.97 Å². The van der Waals surface area contributed by atoms with Crippen LogP contribution in [0.1, 0.15) is 5.82 Å². The zero-order valence-corrected chi connectivity index (χ0v) is 15.4. The van der Waals surface area contributed by atoms with E-state index < -0.39 is 10.0 Å². The Morgan fingerprint density at radius 2 is 1.59 bits per heavy atom. The number of nitrogens with zero attached hydrogens (tertiary/aromatic N) is 2. The Morgan fingerprint density at radius 1 is 0.926 bits per heavy atom. The van der Waals surface area contributed by atoms with Crippen molar-refractivity contribution in [1.82, 2.24) is 8.96 Å². The molecule has 6 nitrogen and oxygen atoms in total.